The molecule has 0 aliphatic carbocycles. The molecule has 0 radical (unpaired) electrons. The molecule has 208 valence electrons. The second kappa shape index (κ2) is 11.7. The van der Waals surface area contributed by atoms with E-state index in [-0.39, 0.29) is 29.1 Å². The molecule has 40 heavy (non-hydrogen) atoms. The highest BCUT2D eigenvalue weighted by molar-refractivity contribution is 6.30. The van der Waals surface area contributed by atoms with Gasteiger partial charge in [-0.25, -0.2) is 19.0 Å². The fourth-order valence-electron chi connectivity index (χ4n) is 4.78. The number of carbonyl (C=O) groups excluding carboxylic acids is 3. The van der Waals surface area contributed by atoms with Crippen molar-refractivity contribution in [2.45, 2.75) is 37.8 Å². The zero-order chi connectivity index (χ0) is 28.2. The highest BCUT2D eigenvalue weighted by Crippen LogP contribution is 2.34. The van der Waals surface area contributed by atoms with Gasteiger partial charge in [-0.05, 0) is 43.5 Å². The first kappa shape index (κ1) is 27.1. The smallest absolute Gasteiger partial charge is 0.411 e. The van der Waals surface area contributed by atoms with E-state index in [1.807, 2.05) is 12.2 Å². The van der Waals surface area contributed by atoms with Crippen molar-refractivity contribution in [1.82, 2.24) is 25.2 Å². The molecule has 5 rings (SSSR count). The normalized spacial score (nSPS) is 19.3. The Hall–Kier alpha value is -4.45. The van der Waals surface area contributed by atoms with Crippen LogP contribution in [-0.2, 0) is 9.53 Å². The molecule has 2 bridgehead atoms. The van der Waals surface area contributed by atoms with Gasteiger partial charge in [0, 0.05) is 30.4 Å². The van der Waals surface area contributed by atoms with Crippen LogP contribution in [0.2, 0.25) is 5.02 Å². The molecule has 1 fully saturated rings. The lowest BCUT2D eigenvalue weighted by Gasteiger charge is -2.37. The molecular formula is C27H27ClFN7O4. The molecular weight excluding hydrogens is 541 g/mol. The second-order valence-corrected chi connectivity index (χ2v) is 9.75. The van der Waals surface area contributed by atoms with Crippen LogP contribution in [0.4, 0.5) is 25.4 Å². The number of ether oxygens (including phenoxy) is 1. The molecule has 2 atom stereocenters. The van der Waals surface area contributed by atoms with Crippen molar-refractivity contribution >= 4 is 41.0 Å². The number of rotatable bonds is 3. The van der Waals surface area contributed by atoms with Gasteiger partial charge in [0.25, 0.3) is 0 Å². The van der Waals surface area contributed by atoms with Crippen molar-refractivity contribution in [3.63, 3.8) is 0 Å². The maximum absolute atomic E-state index is 14.6. The first-order valence-corrected chi connectivity index (χ1v) is 13.1. The maximum atomic E-state index is 14.6. The number of fused-ring (bicyclic) bond motifs is 4. The van der Waals surface area contributed by atoms with Gasteiger partial charge in [0.1, 0.15) is 5.82 Å². The largest absolute Gasteiger partial charge is 0.453 e. The predicted molar refractivity (Wildman–Crippen MR) is 146 cm³/mol. The summed E-state index contributed by atoms with van der Waals surface area (Å²) in [4.78, 5) is 51.3. The van der Waals surface area contributed by atoms with E-state index in [9.17, 15) is 18.8 Å². The SMILES string of the molecule is COC(=O)Nc1ccc2c(c1)NC(=O)CCC=CCC(N1CCC(c3nccc(Cl)c3F)NC1=O)c1ncc-2[nH]1. The molecule has 1 saturated heterocycles. The number of H-pyrrole nitrogens is 1. The number of amides is 4. The van der Waals surface area contributed by atoms with Gasteiger partial charge in [0.05, 0.1) is 47.5 Å². The van der Waals surface area contributed by atoms with E-state index < -0.39 is 24.0 Å². The highest BCUT2D eigenvalue weighted by atomic mass is 35.5. The molecule has 0 spiro atoms. The van der Waals surface area contributed by atoms with Gasteiger partial charge in [-0.2, -0.15) is 0 Å². The minimum atomic E-state index is -0.643. The van der Waals surface area contributed by atoms with E-state index in [1.165, 1.54) is 19.4 Å². The molecule has 2 aliphatic rings. The van der Waals surface area contributed by atoms with Crippen LogP contribution in [0, 0.1) is 5.82 Å². The Morgan fingerprint density at radius 2 is 2.08 bits per heavy atom. The number of hydrogen-bond acceptors (Lipinski definition) is 6. The molecule has 2 aliphatic heterocycles. The van der Waals surface area contributed by atoms with Crippen LogP contribution >= 0.6 is 11.6 Å². The topological polar surface area (TPSA) is 141 Å². The fraction of sp³-hybridized carbons (Fsp3) is 0.296. The summed E-state index contributed by atoms with van der Waals surface area (Å²) in [5.74, 6) is -0.288. The predicted octanol–water partition coefficient (Wildman–Crippen LogP) is 5.32. The van der Waals surface area contributed by atoms with Crippen molar-refractivity contribution in [2.24, 2.45) is 0 Å². The summed E-state index contributed by atoms with van der Waals surface area (Å²) < 4.78 is 19.2. The lowest BCUT2D eigenvalue weighted by atomic mass is 10.0. The summed E-state index contributed by atoms with van der Waals surface area (Å²) in [7, 11) is 1.26. The summed E-state index contributed by atoms with van der Waals surface area (Å²) in [5.41, 5.74) is 2.29. The number of urea groups is 1. The van der Waals surface area contributed by atoms with E-state index in [4.69, 9.17) is 11.6 Å². The number of halogens is 2. The lowest BCUT2D eigenvalue weighted by molar-refractivity contribution is -0.116. The number of imidazole rings is 1. The number of aromatic amines is 1. The summed E-state index contributed by atoms with van der Waals surface area (Å²) in [6, 6.07) is 4.99. The summed E-state index contributed by atoms with van der Waals surface area (Å²) >= 11 is 5.92. The summed E-state index contributed by atoms with van der Waals surface area (Å²) in [6.07, 6.45) is 7.82. The lowest BCUT2D eigenvalue weighted by Crippen LogP contribution is -2.49. The number of carbonyl (C=O) groups is 3. The first-order chi connectivity index (χ1) is 19.3. The monoisotopic (exact) mass is 567 g/mol. The van der Waals surface area contributed by atoms with Gasteiger partial charge >= 0.3 is 12.1 Å². The Labute approximate surface area is 234 Å². The second-order valence-electron chi connectivity index (χ2n) is 9.34. The Morgan fingerprint density at radius 3 is 2.88 bits per heavy atom. The zero-order valence-corrected chi connectivity index (χ0v) is 22.3. The number of allylic oxidation sites excluding steroid dienone is 1. The van der Waals surface area contributed by atoms with Crippen LogP contribution in [0.1, 0.15) is 49.3 Å². The number of hydrogen-bond donors (Lipinski definition) is 4. The van der Waals surface area contributed by atoms with E-state index in [2.05, 4.69) is 35.6 Å². The average molecular weight is 568 g/mol. The van der Waals surface area contributed by atoms with Gasteiger partial charge < -0.3 is 25.3 Å². The number of pyridine rings is 1. The van der Waals surface area contributed by atoms with Crippen LogP contribution in [0.15, 0.2) is 48.8 Å². The minimum absolute atomic E-state index is 0.0494. The first-order valence-electron chi connectivity index (χ1n) is 12.7. The Balaban J connectivity index is 1.44. The van der Waals surface area contributed by atoms with E-state index >= 15 is 0 Å². The molecule has 3 aromatic rings. The number of nitrogens with one attached hydrogen (secondary N) is 4. The van der Waals surface area contributed by atoms with Crippen LogP contribution in [-0.4, -0.2) is 51.5 Å². The van der Waals surface area contributed by atoms with Crippen LogP contribution in [0.25, 0.3) is 11.3 Å². The van der Waals surface area contributed by atoms with Crippen LogP contribution < -0.4 is 16.0 Å². The summed E-state index contributed by atoms with van der Waals surface area (Å²) in [6.45, 7) is 0.331. The molecule has 4 N–H and O–H groups in total. The highest BCUT2D eigenvalue weighted by Gasteiger charge is 2.34. The van der Waals surface area contributed by atoms with E-state index in [0.717, 1.165) is 0 Å². The van der Waals surface area contributed by atoms with Crippen LogP contribution in [0.5, 0.6) is 0 Å². The average Bonchev–Trinajstić information content (AvgIpc) is 3.42. The van der Waals surface area contributed by atoms with E-state index in [0.29, 0.717) is 54.3 Å². The Bertz CT molecular complexity index is 1480. The van der Waals surface area contributed by atoms with Crippen molar-refractivity contribution in [3.8, 4) is 11.3 Å². The fourth-order valence-corrected chi connectivity index (χ4v) is 4.94. The molecule has 4 amide bonds. The molecule has 2 aromatic heterocycles. The number of methoxy groups -OCH3 is 1. The van der Waals surface area contributed by atoms with Crippen molar-refractivity contribution in [3.05, 3.63) is 71.2 Å². The van der Waals surface area contributed by atoms with Crippen molar-refractivity contribution < 1.29 is 23.5 Å². The van der Waals surface area contributed by atoms with Gasteiger partial charge in [0.15, 0.2) is 5.82 Å². The third-order valence-corrected chi connectivity index (χ3v) is 7.08. The number of benzene rings is 1. The standard InChI is InChI=1S/C27H27ClFN7O4/c1-40-27(39)32-15-7-8-16-19(13-15)33-22(37)6-4-2-3-5-21(25-31-14-20(16)34-25)36-12-10-18(35-26(36)38)24-23(29)17(28)9-11-30-24/h2-3,7-9,11,13-14,18,21H,4-6,10,12H2,1H3,(H,31,34)(H,32,39)(H,33,37)(H,35,38). The molecule has 2 unspecified atom stereocenters. The maximum Gasteiger partial charge on any atom is 0.411 e. The zero-order valence-electron chi connectivity index (χ0n) is 21.5. The van der Waals surface area contributed by atoms with Gasteiger partial charge in [-0.15, -0.1) is 0 Å². The minimum Gasteiger partial charge on any atom is -0.453 e. The number of anilines is 2. The molecule has 13 heteroatoms. The molecule has 1 aromatic carbocycles. The third-order valence-electron chi connectivity index (χ3n) is 6.78. The van der Waals surface area contributed by atoms with Gasteiger partial charge in [0.2, 0.25) is 5.91 Å². The van der Waals surface area contributed by atoms with E-state index in [1.54, 1.807) is 29.3 Å². The quantitative estimate of drug-likeness (QED) is 0.316. The molecule has 0 saturated carbocycles. The Morgan fingerprint density at radius 1 is 1.23 bits per heavy atom. The summed E-state index contributed by atoms with van der Waals surface area (Å²) in [5, 5.41) is 8.30. The van der Waals surface area contributed by atoms with Gasteiger partial charge in [-0.1, -0.05) is 23.8 Å². The Kier molecular flexibility index (Phi) is 7.96. The van der Waals surface area contributed by atoms with Crippen molar-refractivity contribution in [1.29, 1.82) is 0 Å². The van der Waals surface area contributed by atoms with Crippen LogP contribution in [0.3, 0.4) is 0 Å². The third kappa shape index (κ3) is 5.76. The molecule has 11 nitrogen and oxygen atoms in total. The molecule has 4 heterocycles. The number of nitrogens with zero attached hydrogens (tertiary/aromatic N) is 3. The number of aromatic nitrogens is 3. The van der Waals surface area contributed by atoms with Gasteiger partial charge in [-0.3, -0.25) is 15.1 Å². The van der Waals surface area contributed by atoms with Crippen molar-refractivity contribution in [2.75, 3.05) is 24.3 Å².